The van der Waals surface area contributed by atoms with E-state index in [0.29, 0.717) is 30.1 Å². The number of nitrogens with zero attached hydrogens (tertiary/aromatic N) is 1. The fourth-order valence-electron chi connectivity index (χ4n) is 3.38. The molecular weight excluding hydrogens is 438 g/mol. The van der Waals surface area contributed by atoms with E-state index in [1.165, 1.54) is 0 Å². The average Bonchev–Trinajstić information content (AvgIpc) is 3.07. The predicted octanol–water partition coefficient (Wildman–Crippen LogP) is 3.30. The van der Waals surface area contributed by atoms with E-state index in [9.17, 15) is 18.0 Å². The second-order valence-electron chi connectivity index (χ2n) is 7.47. The zero-order valence-corrected chi connectivity index (χ0v) is 18.7. The minimum atomic E-state index is -3.48. The molecule has 0 spiro atoms. The zero-order chi connectivity index (χ0) is 22.3. The van der Waals surface area contributed by atoms with Gasteiger partial charge in [0.1, 0.15) is 0 Å². The molecule has 3 rings (SSSR count). The highest BCUT2D eigenvalue weighted by Gasteiger charge is 2.24. The van der Waals surface area contributed by atoms with Gasteiger partial charge < -0.3 is 0 Å². The van der Waals surface area contributed by atoms with Gasteiger partial charge in [-0.2, -0.15) is 4.31 Å². The minimum Gasteiger partial charge on any atom is -0.273 e. The highest BCUT2D eigenvalue weighted by Crippen LogP contribution is 2.21. The second kappa shape index (κ2) is 10.7. The minimum absolute atomic E-state index is 0.152. The molecule has 2 aromatic rings. The van der Waals surface area contributed by atoms with Gasteiger partial charge >= 0.3 is 0 Å². The first-order valence-corrected chi connectivity index (χ1v) is 12.1. The fraction of sp³-hybridized carbons (Fsp3) is 0.364. The molecule has 1 saturated heterocycles. The summed E-state index contributed by atoms with van der Waals surface area (Å²) in [5, 5.41) is 0.519. The molecule has 2 aromatic carbocycles. The van der Waals surface area contributed by atoms with Crippen LogP contribution in [0.4, 0.5) is 0 Å². The third-order valence-electron chi connectivity index (χ3n) is 5.19. The number of carbonyl (C=O) groups is 2. The standard InChI is InChI=1S/C22H26ClN3O4S/c23-19-10-8-18(9-11-19)22(28)25-24-21(27)14-7-17-5-12-20(13-6-17)31(29,30)26-15-3-1-2-4-16-26/h5-6,8-13H,1-4,7,14-16H2,(H,24,27)(H,25,28). The van der Waals surface area contributed by atoms with Crippen molar-refractivity contribution >= 4 is 33.4 Å². The van der Waals surface area contributed by atoms with Gasteiger partial charge in [-0.15, -0.1) is 0 Å². The van der Waals surface area contributed by atoms with E-state index < -0.39 is 15.9 Å². The van der Waals surface area contributed by atoms with Crippen molar-refractivity contribution in [3.63, 3.8) is 0 Å². The van der Waals surface area contributed by atoms with Gasteiger partial charge in [-0.25, -0.2) is 8.42 Å². The number of hydrogen-bond donors (Lipinski definition) is 2. The molecule has 1 aliphatic rings. The largest absolute Gasteiger partial charge is 0.273 e. The number of amides is 2. The molecular formula is C22H26ClN3O4S. The van der Waals surface area contributed by atoms with Gasteiger partial charge in [0.25, 0.3) is 5.91 Å². The lowest BCUT2D eigenvalue weighted by Gasteiger charge is -2.20. The molecule has 9 heteroatoms. The Kier molecular flexibility index (Phi) is 8.06. The molecule has 0 saturated carbocycles. The molecule has 0 atom stereocenters. The van der Waals surface area contributed by atoms with E-state index in [1.807, 2.05) is 0 Å². The van der Waals surface area contributed by atoms with E-state index in [-0.39, 0.29) is 17.2 Å². The Balaban J connectivity index is 1.48. The van der Waals surface area contributed by atoms with Crippen molar-refractivity contribution in [3.8, 4) is 0 Å². The van der Waals surface area contributed by atoms with Crippen LogP contribution in [0.3, 0.4) is 0 Å². The Morgan fingerprint density at radius 2 is 1.48 bits per heavy atom. The van der Waals surface area contributed by atoms with Crippen molar-refractivity contribution in [2.75, 3.05) is 13.1 Å². The van der Waals surface area contributed by atoms with Gasteiger partial charge in [0.05, 0.1) is 4.90 Å². The van der Waals surface area contributed by atoms with Crippen LogP contribution in [-0.2, 0) is 21.2 Å². The van der Waals surface area contributed by atoms with Crippen molar-refractivity contribution in [1.82, 2.24) is 15.2 Å². The van der Waals surface area contributed by atoms with Crippen LogP contribution in [0.1, 0.15) is 48.0 Å². The molecule has 2 amide bonds. The first kappa shape index (κ1) is 23.2. The lowest BCUT2D eigenvalue weighted by molar-refractivity contribution is -0.121. The van der Waals surface area contributed by atoms with E-state index in [1.54, 1.807) is 52.8 Å². The summed E-state index contributed by atoms with van der Waals surface area (Å²) in [4.78, 5) is 24.3. The van der Waals surface area contributed by atoms with Crippen LogP contribution < -0.4 is 10.9 Å². The Bertz CT molecular complexity index is 1000. The van der Waals surface area contributed by atoms with Crippen LogP contribution in [-0.4, -0.2) is 37.6 Å². The third kappa shape index (κ3) is 6.53. The van der Waals surface area contributed by atoms with Gasteiger partial charge in [0.2, 0.25) is 15.9 Å². The first-order valence-electron chi connectivity index (χ1n) is 10.3. The maximum Gasteiger partial charge on any atom is 0.269 e. The number of halogens is 1. The van der Waals surface area contributed by atoms with Crippen molar-refractivity contribution < 1.29 is 18.0 Å². The molecule has 0 aromatic heterocycles. The molecule has 1 aliphatic heterocycles. The Hall–Kier alpha value is -2.42. The van der Waals surface area contributed by atoms with Crippen LogP contribution in [0.25, 0.3) is 0 Å². The molecule has 31 heavy (non-hydrogen) atoms. The Labute approximate surface area is 187 Å². The van der Waals surface area contributed by atoms with Crippen LogP contribution in [0.15, 0.2) is 53.4 Å². The van der Waals surface area contributed by atoms with Crippen molar-refractivity contribution in [2.24, 2.45) is 0 Å². The summed E-state index contributed by atoms with van der Waals surface area (Å²) >= 11 is 5.79. The van der Waals surface area contributed by atoms with Crippen molar-refractivity contribution in [2.45, 2.75) is 43.4 Å². The van der Waals surface area contributed by atoms with Crippen LogP contribution in [0, 0.1) is 0 Å². The smallest absolute Gasteiger partial charge is 0.269 e. The quantitative estimate of drug-likeness (QED) is 0.642. The molecule has 1 heterocycles. The summed E-state index contributed by atoms with van der Waals surface area (Å²) in [6.07, 6.45) is 4.48. The van der Waals surface area contributed by atoms with Gasteiger partial charge in [-0.1, -0.05) is 36.6 Å². The number of hydrogen-bond acceptors (Lipinski definition) is 4. The van der Waals surface area contributed by atoms with Crippen LogP contribution >= 0.6 is 11.6 Å². The second-order valence-corrected chi connectivity index (χ2v) is 9.85. The lowest BCUT2D eigenvalue weighted by atomic mass is 10.1. The number of aryl methyl sites for hydroxylation is 1. The molecule has 2 N–H and O–H groups in total. The molecule has 166 valence electrons. The SMILES string of the molecule is O=C(CCc1ccc(S(=O)(=O)N2CCCCCC2)cc1)NNC(=O)c1ccc(Cl)cc1. The van der Waals surface area contributed by atoms with E-state index in [0.717, 1.165) is 31.2 Å². The van der Waals surface area contributed by atoms with Gasteiger partial charge in [0, 0.05) is 30.1 Å². The number of sulfonamides is 1. The maximum absolute atomic E-state index is 12.8. The van der Waals surface area contributed by atoms with Crippen molar-refractivity contribution in [3.05, 3.63) is 64.7 Å². The first-order chi connectivity index (χ1) is 14.9. The monoisotopic (exact) mass is 463 g/mol. The van der Waals surface area contributed by atoms with Crippen LogP contribution in [0.2, 0.25) is 5.02 Å². The topological polar surface area (TPSA) is 95.6 Å². The van der Waals surface area contributed by atoms with E-state index in [4.69, 9.17) is 11.6 Å². The van der Waals surface area contributed by atoms with Crippen LogP contribution in [0.5, 0.6) is 0 Å². The summed E-state index contributed by atoms with van der Waals surface area (Å²) in [6.45, 7) is 1.12. The summed E-state index contributed by atoms with van der Waals surface area (Å²) in [5.74, 6) is -0.781. The molecule has 0 radical (unpaired) electrons. The number of hydrazine groups is 1. The molecule has 1 fully saturated rings. The number of carbonyl (C=O) groups excluding carboxylic acids is 2. The molecule has 0 unspecified atom stereocenters. The zero-order valence-electron chi connectivity index (χ0n) is 17.1. The number of benzene rings is 2. The normalized spacial score (nSPS) is 15.1. The molecule has 7 nitrogen and oxygen atoms in total. The maximum atomic E-state index is 12.8. The highest BCUT2D eigenvalue weighted by atomic mass is 35.5. The number of rotatable bonds is 6. The predicted molar refractivity (Wildman–Crippen MR) is 119 cm³/mol. The summed E-state index contributed by atoms with van der Waals surface area (Å²) in [7, 11) is -3.48. The summed E-state index contributed by atoms with van der Waals surface area (Å²) in [5.41, 5.74) is 5.96. The van der Waals surface area contributed by atoms with Gasteiger partial charge in [0.15, 0.2) is 0 Å². The Morgan fingerprint density at radius 3 is 2.10 bits per heavy atom. The van der Waals surface area contributed by atoms with Crippen molar-refractivity contribution in [1.29, 1.82) is 0 Å². The summed E-state index contributed by atoms with van der Waals surface area (Å²) < 4.78 is 27.2. The number of nitrogens with one attached hydrogen (secondary N) is 2. The van der Waals surface area contributed by atoms with Gasteiger partial charge in [-0.3, -0.25) is 20.4 Å². The third-order valence-corrected chi connectivity index (χ3v) is 7.35. The van der Waals surface area contributed by atoms with E-state index >= 15 is 0 Å². The van der Waals surface area contributed by atoms with E-state index in [2.05, 4.69) is 10.9 Å². The average molecular weight is 464 g/mol. The highest BCUT2D eigenvalue weighted by molar-refractivity contribution is 7.89. The fourth-order valence-corrected chi connectivity index (χ4v) is 5.02. The Morgan fingerprint density at radius 1 is 0.871 bits per heavy atom. The molecule has 0 aliphatic carbocycles. The summed E-state index contributed by atoms with van der Waals surface area (Å²) in [6, 6.07) is 12.9. The molecule has 0 bridgehead atoms. The lowest BCUT2D eigenvalue weighted by Crippen LogP contribution is -2.41. The van der Waals surface area contributed by atoms with Gasteiger partial charge in [-0.05, 0) is 61.2 Å².